The minimum absolute atomic E-state index is 0.418. The number of hydrogen-bond acceptors (Lipinski definition) is 3. The molecule has 3 atom stereocenters. The normalized spacial score (nSPS) is 24.6. The zero-order valence-electron chi connectivity index (χ0n) is 12.1. The van der Waals surface area contributed by atoms with Crippen LogP contribution in [0, 0.1) is 11.8 Å². The molecule has 3 unspecified atom stereocenters. The second kappa shape index (κ2) is 8.42. The van der Waals surface area contributed by atoms with Crippen LogP contribution in [0.3, 0.4) is 0 Å². The number of nitrogens with two attached hydrogens (primary N) is 1. The monoisotopic (exact) mass is 356 g/mol. The van der Waals surface area contributed by atoms with E-state index in [2.05, 4.69) is 52.5 Å². The summed E-state index contributed by atoms with van der Waals surface area (Å²) < 4.78 is 1.18. The molecular formula is C16H25BrN2S. The molecule has 1 aromatic carbocycles. The second-order valence-corrected chi connectivity index (χ2v) is 7.63. The Morgan fingerprint density at radius 2 is 2.20 bits per heavy atom. The van der Waals surface area contributed by atoms with Crippen LogP contribution in [0.4, 0.5) is 0 Å². The van der Waals surface area contributed by atoms with Gasteiger partial charge in [-0.15, -0.1) is 11.8 Å². The highest BCUT2D eigenvalue weighted by atomic mass is 79.9. The highest BCUT2D eigenvalue weighted by molar-refractivity contribution is 9.10. The highest BCUT2D eigenvalue weighted by Gasteiger charge is 2.27. The molecular weight excluding hydrogens is 332 g/mol. The number of benzene rings is 1. The van der Waals surface area contributed by atoms with Gasteiger partial charge >= 0.3 is 0 Å². The van der Waals surface area contributed by atoms with E-state index in [0.717, 1.165) is 17.6 Å². The van der Waals surface area contributed by atoms with Crippen molar-refractivity contribution in [3.8, 4) is 0 Å². The predicted octanol–water partition coefficient (Wildman–Crippen LogP) is 4.59. The van der Waals surface area contributed by atoms with E-state index in [1.807, 2.05) is 11.8 Å². The van der Waals surface area contributed by atoms with Crippen molar-refractivity contribution in [3.05, 3.63) is 28.7 Å². The van der Waals surface area contributed by atoms with E-state index in [1.165, 1.54) is 41.5 Å². The van der Waals surface area contributed by atoms with E-state index >= 15 is 0 Å². The molecule has 0 heterocycles. The summed E-state index contributed by atoms with van der Waals surface area (Å²) in [5, 5.41) is 0. The minimum Gasteiger partial charge on any atom is -0.271 e. The van der Waals surface area contributed by atoms with Gasteiger partial charge in [0.25, 0.3) is 0 Å². The summed E-state index contributed by atoms with van der Waals surface area (Å²) in [6.07, 6.45) is 6.73. The molecule has 1 saturated carbocycles. The van der Waals surface area contributed by atoms with E-state index in [4.69, 9.17) is 5.84 Å². The van der Waals surface area contributed by atoms with E-state index in [1.54, 1.807) is 0 Å². The van der Waals surface area contributed by atoms with E-state index in [0.29, 0.717) is 6.04 Å². The molecule has 0 radical (unpaired) electrons. The lowest BCUT2D eigenvalue weighted by Gasteiger charge is -2.33. The standard InChI is InChI=1S/C16H25BrN2S/c1-2-12-6-5-7-13(10-12)15(19-18)11-20-16-9-4-3-8-14(16)17/h3-4,8-9,12-13,15,19H,2,5-7,10-11,18H2,1H3. The topological polar surface area (TPSA) is 38.0 Å². The van der Waals surface area contributed by atoms with Gasteiger partial charge in [-0.1, -0.05) is 38.3 Å². The van der Waals surface area contributed by atoms with Crippen molar-refractivity contribution in [2.75, 3.05) is 5.75 Å². The average Bonchev–Trinajstić information content (AvgIpc) is 2.50. The summed E-state index contributed by atoms with van der Waals surface area (Å²) in [5.74, 6) is 8.49. The maximum absolute atomic E-state index is 5.82. The van der Waals surface area contributed by atoms with Crippen LogP contribution in [0.15, 0.2) is 33.6 Å². The first-order chi connectivity index (χ1) is 9.74. The quantitative estimate of drug-likeness (QED) is 0.444. The van der Waals surface area contributed by atoms with Gasteiger partial charge in [0.05, 0.1) is 0 Å². The molecule has 0 spiro atoms. The van der Waals surface area contributed by atoms with Gasteiger partial charge in [0, 0.05) is 21.2 Å². The molecule has 2 rings (SSSR count). The molecule has 0 saturated heterocycles. The highest BCUT2D eigenvalue weighted by Crippen LogP contribution is 2.35. The molecule has 2 nitrogen and oxygen atoms in total. The van der Waals surface area contributed by atoms with E-state index in [-0.39, 0.29) is 0 Å². The zero-order valence-corrected chi connectivity index (χ0v) is 14.6. The number of rotatable bonds is 6. The van der Waals surface area contributed by atoms with Crippen LogP contribution in [0.5, 0.6) is 0 Å². The molecule has 112 valence electrons. The molecule has 3 N–H and O–H groups in total. The second-order valence-electron chi connectivity index (χ2n) is 5.72. The van der Waals surface area contributed by atoms with Crippen molar-refractivity contribution >= 4 is 27.7 Å². The average molecular weight is 357 g/mol. The molecule has 0 bridgehead atoms. The fourth-order valence-electron chi connectivity index (χ4n) is 3.13. The number of nitrogens with one attached hydrogen (secondary N) is 1. The van der Waals surface area contributed by atoms with E-state index in [9.17, 15) is 0 Å². The van der Waals surface area contributed by atoms with Crippen LogP contribution in [0.25, 0.3) is 0 Å². The third-order valence-electron chi connectivity index (χ3n) is 4.44. The summed E-state index contributed by atoms with van der Waals surface area (Å²) in [7, 11) is 0. The number of hydrazine groups is 1. The number of hydrogen-bond donors (Lipinski definition) is 2. The maximum atomic E-state index is 5.82. The molecule has 1 aromatic rings. The summed E-state index contributed by atoms with van der Waals surface area (Å²) in [6, 6.07) is 8.83. The summed E-state index contributed by atoms with van der Waals surface area (Å²) in [5.41, 5.74) is 3.07. The van der Waals surface area contributed by atoms with Crippen molar-refractivity contribution in [3.63, 3.8) is 0 Å². The van der Waals surface area contributed by atoms with Crippen molar-refractivity contribution in [2.24, 2.45) is 17.7 Å². The van der Waals surface area contributed by atoms with Gasteiger partial charge in [0.1, 0.15) is 0 Å². The minimum atomic E-state index is 0.418. The number of thioether (sulfide) groups is 1. The van der Waals surface area contributed by atoms with Crippen molar-refractivity contribution in [2.45, 2.75) is 50.0 Å². The molecule has 0 amide bonds. The fourth-order valence-corrected chi connectivity index (χ4v) is 4.87. The van der Waals surface area contributed by atoms with Gasteiger partial charge in [0.15, 0.2) is 0 Å². The molecule has 20 heavy (non-hydrogen) atoms. The summed E-state index contributed by atoms with van der Waals surface area (Å²) in [4.78, 5) is 1.30. The van der Waals surface area contributed by atoms with Crippen LogP contribution in [0.1, 0.15) is 39.0 Å². The van der Waals surface area contributed by atoms with Gasteiger partial charge in [-0.05, 0) is 52.7 Å². The smallest absolute Gasteiger partial charge is 0.0332 e. The van der Waals surface area contributed by atoms with Crippen LogP contribution < -0.4 is 11.3 Å². The number of halogens is 1. The molecule has 0 aromatic heterocycles. The van der Waals surface area contributed by atoms with Gasteiger partial charge in [0.2, 0.25) is 0 Å². The Balaban J connectivity index is 1.90. The van der Waals surface area contributed by atoms with Crippen molar-refractivity contribution in [1.82, 2.24) is 5.43 Å². The lowest BCUT2D eigenvalue weighted by molar-refractivity contribution is 0.219. The van der Waals surface area contributed by atoms with Crippen LogP contribution in [-0.4, -0.2) is 11.8 Å². The third-order valence-corrected chi connectivity index (χ3v) is 6.59. The predicted molar refractivity (Wildman–Crippen MR) is 91.7 cm³/mol. The Morgan fingerprint density at radius 3 is 2.90 bits per heavy atom. The largest absolute Gasteiger partial charge is 0.271 e. The van der Waals surface area contributed by atoms with Gasteiger partial charge in [-0.2, -0.15) is 0 Å². The van der Waals surface area contributed by atoms with E-state index < -0.39 is 0 Å². The Bertz CT molecular complexity index is 413. The van der Waals surface area contributed by atoms with Crippen LogP contribution >= 0.6 is 27.7 Å². The maximum Gasteiger partial charge on any atom is 0.0332 e. The van der Waals surface area contributed by atoms with Gasteiger partial charge < -0.3 is 0 Å². The van der Waals surface area contributed by atoms with Crippen LogP contribution in [-0.2, 0) is 0 Å². The zero-order chi connectivity index (χ0) is 14.4. The Labute approximate surface area is 135 Å². The SMILES string of the molecule is CCC1CCCC(C(CSc2ccccc2Br)NN)C1. The Morgan fingerprint density at radius 1 is 1.40 bits per heavy atom. The fraction of sp³-hybridized carbons (Fsp3) is 0.625. The first kappa shape index (κ1) is 16.3. The van der Waals surface area contributed by atoms with Gasteiger partial charge in [-0.3, -0.25) is 11.3 Å². The molecule has 1 aliphatic carbocycles. The van der Waals surface area contributed by atoms with Gasteiger partial charge in [-0.25, -0.2) is 0 Å². The summed E-state index contributed by atoms with van der Waals surface area (Å²) >= 11 is 5.51. The lowest BCUT2D eigenvalue weighted by atomic mass is 9.77. The Kier molecular flexibility index (Phi) is 6.88. The third kappa shape index (κ3) is 4.48. The summed E-state index contributed by atoms with van der Waals surface area (Å²) in [6.45, 7) is 2.31. The molecule has 0 aliphatic heterocycles. The first-order valence-corrected chi connectivity index (χ1v) is 9.36. The van der Waals surface area contributed by atoms with Crippen molar-refractivity contribution < 1.29 is 0 Å². The Hall–Kier alpha value is -0.0300. The lowest BCUT2D eigenvalue weighted by Crippen LogP contribution is -2.44. The first-order valence-electron chi connectivity index (χ1n) is 7.58. The molecule has 1 fully saturated rings. The molecule has 4 heteroatoms. The van der Waals surface area contributed by atoms with Crippen LogP contribution in [0.2, 0.25) is 0 Å². The molecule has 1 aliphatic rings. The van der Waals surface area contributed by atoms with Crippen molar-refractivity contribution in [1.29, 1.82) is 0 Å².